The van der Waals surface area contributed by atoms with Gasteiger partial charge in [-0.25, -0.2) is 4.79 Å². The van der Waals surface area contributed by atoms with Crippen LogP contribution in [-0.2, 0) is 22.4 Å². The zero-order valence-corrected chi connectivity index (χ0v) is 17.0. The van der Waals surface area contributed by atoms with Crippen molar-refractivity contribution in [2.24, 2.45) is 0 Å². The van der Waals surface area contributed by atoms with Crippen molar-refractivity contribution in [2.75, 3.05) is 31.1 Å². The van der Waals surface area contributed by atoms with E-state index in [0.717, 1.165) is 37.4 Å². The molecule has 0 aromatic heterocycles. The Labute approximate surface area is 172 Å². The van der Waals surface area contributed by atoms with Gasteiger partial charge in [0.2, 0.25) is 0 Å². The van der Waals surface area contributed by atoms with Gasteiger partial charge in [0.1, 0.15) is 0 Å². The number of halogens is 1. The van der Waals surface area contributed by atoms with E-state index in [0.29, 0.717) is 13.2 Å². The average Bonchev–Trinajstić information content (AvgIpc) is 2.84. The van der Waals surface area contributed by atoms with Crippen LogP contribution in [0.2, 0.25) is 5.02 Å². The molecule has 0 radical (unpaired) electrons. The highest BCUT2D eigenvalue weighted by Crippen LogP contribution is 2.37. The van der Waals surface area contributed by atoms with Gasteiger partial charge in [0, 0.05) is 35.6 Å². The van der Waals surface area contributed by atoms with Crippen LogP contribution in [0.4, 0.5) is 11.4 Å². The fraction of sp³-hybridized carbons (Fsp3) is 0.348. The highest BCUT2D eigenvalue weighted by Gasteiger charge is 2.20. The minimum absolute atomic E-state index is 0.293. The number of fused-ring (bicyclic) bond motifs is 2. The van der Waals surface area contributed by atoms with Gasteiger partial charge in [-0.05, 0) is 62.1 Å². The van der Waals surface area contributed by atoms with Crippen molar-refractivity contribution in [3.05, 3.63) is 70.8 Å². The first-order valence-corrected chi connectivity index (χ1v) is 10.2. The summed E-state index contributed by atoms with van der Waals surface area (Å²) in [6.07, 6.45) is 6.32. The summed E-state index contributed by atoms with van der Waals surface area (Å²) in [6.45, 7) is 4.62. The molecule has 1 aliphatic rings. The molecule has 3 rings (SSSR count). The summed E-state index contributed by atoms with van der Waals surface area (Å²) < 4.78 is 4.87. The van der Waals surface area contributed by atoms with Crippen LogP contribution in [0.25, 0.3) is 0 Å². The molecule has 4 nitrogen and oxygen atoms in total. The Hall–Kier alpha value is -2.30. The Morgan fingerprint density at radius 1 is 1.18 bits per heavy atom. The number of anilines is 2. The molecule has 1 heterocycles. The van der Waals surface area contributed by atoms with Gasteiger partial charge < -0.3 is 15.0 Å². The van der Waals surface area contributed by atoms with E-state index >= 15 is 0 Å². The van der Waals surface area contributed by atoms with Crippen LogP contribution in [0.5, 0.6) is 0 Å². The van der Waals surface area contributed by atoms with E-state index in [1.54, 1.807) is 13.0 Å². The maximum absolute atomic E-state index is 11.3. The maximum Gasteiger partial charge on any atom is 0.330 e. The van der Waals surface area contributed by atoms with Crippen molar-refractivity contribution in [2.45, 2.75) is 26.2 Å². The van der Waals surface area contributed by atoms with E-state index in [1.807, 2.05) is 6.07 Å². The summed E-state index contributed by atoms with van der Waals surface area (Å²) in [5.74, 6) is -0.293. The quantitative estimate of drug-likeness (QED) is 0.398. The molecule has 0 saturated heterocycles. The third-order valence-corrected chi connectivity index (χ3v) is 5.06. The number of para-hydroxylation sites is 1. The van der Waals surface area contributed by atoms with E-state index in [-0.39, 0.29) is 5.97 Å². The average molecular weight is 399 g/mol. The molecular formula is C23H27ClN2O2. The highest BCUT2D eigenvalue weighted by molar-refractivity contribution is 6.30. The summed E-state index contributed by atoms with van der Waals surface area (Å²) in [5, 5.41) is 4.12. The molecule has 1 aliphatic heterocycles. The normalized spacial score (nSPS) is 13.1. The molecule has 0 fully saturated rings. The molecule has 0 amide bonds. The lowest BCUT2D eigenvalue weighted by atomic mass is 10.0. The SMILES string of the molecule is CCOC(=O)/C=C/CNCCCN1c2ccccc2CCc2ccc(Cl)cc21. The number of carbonyl (C=O) groups excluding carboxylic acids is 1. The number of nitrogens with one attached hydrogen (secondary N) is 1. The van der Waals surface area contributed by atoms with Crippen LogP contribution in [-0.4, -0.2) is 32.2 Å². The Morgan fingerprint density at radius 2 is 1.96 bits per heavy atom. The van der Waals surface area contributed by atoms with Gasteiger partial charge in [-0.15, -0.1) is 0 Å². The third-order valence-electron chi connectivity index (χ3n) is 4.82. The van der Waals surface area contributed by atoms with Crippen LogP contribution in [0.1, 0.15) is 24.5 Å². The predicted octanol–water partition coefficient (Wildman–Crippen LogP) is 4.68. The van der Waals surface area contributed by atoms with Crippen LogP contribution < -0.4 is 10.2 Å². The Kier molecular flexibility index (Phi) is 7.52. The molecule has 0 unspecified atom stereocenters. The van der Waals surface area contributed by atoms with Crippen molar-refractivity contribution < 1.29 is 9.53 Å². The van der Waals surface area contributed by atoms with Crippen molar-refractivity contribution in [1.29, 1.82) is 0 Å². The molecule has 0 spiro atoms. The first-order valence-electron chi connectivity index (χ1n) is 9.87. The summed E-state index contributed by atoms with van der Waals surface area (Å²) in [7, 11) is 0. The Morgan fingerprint density at radius 3 is 2.79 bits per heavy atom. The number of aryl methyl sites for hydroxylation is 2. The number of benzene rings is 2. The van der Waals surface area contributed by atoms with E-state index in [9.17, 15) is 4.79 Å². The summed E-state index contributed by atoms with van der Waals surface area (Å²) in [6, 6.07) is 14.8. The van der Waals surface area contributed by atoms with Gasteiger partial charge in [0.15, 0.2) is 0 Å². The molecule has 28 heavy (non-hydrogen) atoms. The molecule has 0 bridgehead atoms. The van der Waals surface area contributed by atoms with Crippen LogP contribution in [0, 0.1) is 0 Å². The Balaban J connectivity index is 1.62. The number of hydrogen-bond donors (Lipinski definition) is 1. The van der Waals surface area contributed by atoms with Crippen molar-refractivity contribution >= 4 is 28.9 Å². The van der Waals surface area contributed by atoms with E-state index < -0.39 is 0 Å². The lowest BCUT2D eigenvalue weighted by molar-refractivity contribution is -0.137. The Bertz CT molecular complexity index is 835. The monoisotopic (exact) mass is 398 g/mol. The second-order valence-corrected chi connectivity index (χ2v) is 7.20. The topological polar surface area (TPSA) is 41.6 Å². The molecule has 2 aromatic carbocycles. The van der Waals surface area contributed by atoms with Gasteiger partial charge >= 0.3 is 5.97 Å². The molecule has 148 valence electrons. The summed E-state index contributed by atoms with van der Waals surface area (Å²) in [4.78, 5) is 13.7. The van der Waals surface area contributed by atoms with Crippen LogP contribution >= 0.6 is 11.6 Å². The van der Waals surface area contributed by atoms with Crippen molar-refractivity contribution in [3.8, 4) is 0 Å². The van der Waals surface area contributed by atoms with E-state index in [2.05, 4.69) is 46.6 Å². The summed E-state index contributed by atoms with van der Waals surface area (Å²) in [5.41, 5.74) is 5.19. The van der Waals surface area contributed by atoms with Gasteiger partial charge in [-0.1, -0.05) is 41.9 Å². The van der Waals surface area contributed by atoms with Gasteiger partial charge in [-0.2, -0.15) is 0 Å². The number of nitrogens with zero attached hydrogens (tertiary/aromatic N) is 1. The number of esters is 1. The maximum atomic E-state index is 11.3. The van der Waals surface area contributed by atoms with E-state index in [4.69, 9.17) is 16.3 Å². The second-order valence-electron chi connectivity index (χ2n) is 6.77. The smallest absolute Gasteiger partial charge is 0.330 e. The molecule has 1 N–H and O–H groups in total. The zero-order valence-electron chi connectivity index (χ0n) is 16.3. The first kappa shape index (κ1) is 20.4. The van der Waals surface area contributed by atoms with Gasteiger partial charge in [-0.3, -0.25) is 0 Å². The molecule has 0 aliphatic carbocycles. The molecular weight excluding hydrogens is 372 g/mol. The van der Waals surface area contributed by atoms with Crippen LogP contribution in [0.3, 0.4) is 0 Å². The largest absolute Gasteiger partial charge is 0.463 e. The minimum atomic E-state index is -0.293. The molecule has 5 heteroatoms. The first-order chi connectivity index (χ1) is 13.7. The third kappa shape index (κ3) is 5.37. The van der Waals surface area contributed by atoms with Crippen LogP contribution in [0.15, 0.2) is 54.6 Å². The van der Waals surface area contributed by atoms with Gasteiger partial charge in [0.25, 0.3) is 0 Å². The highest BCUT2D eigenvalue weighted by atomic mass is 35.5. The number of hydrogen-bond acceptors (Lipinski definition) is 4. The number of rotatable bonds is 8. The standard InChI is InChI=1S/C23H27ClN2O2/c1-2-28-23(27)9-5-14-25-15-6-16-26-21-8-4-3-7-18(21)10-11-19-12-13-20(24)17-22(19)26/h3-5,7-9,12-13,17,25H,2,6,10-11,14-16H2,1H3/b9-5+. The second kappa shape index (κ2) is 10.3. The van der Waals surface area contributed by atoms with E-state index in [1.165, 1.54) is 28.6 Å². The lowest BCUT2D eigenvalue weighted by Gasteiger charge is -2.27. The molecule has 2 aromatic rings. The lowest BCUT2D eigenvalue weighted by Crippen LogP contribution is -2.24. The fourth-order valence-corrected chi connectivity index (χ4v) is 3.68. The number of carbonyl (C=O) groups is 1. The van der Waals surface area contributed by atoms with Crippen molar-refractivity contribution in [1.82, 2.24) is 5.32 Å². The fourth-order valence-electron chi connectivity index (χ4n) is 3.52. The minimum Gasteiger partial charge on any atom is -0.463 e. The number of ether oxygens (including phenoxy) is 1. The van der Waals surface area contributed by atoms with Gasteiger partial charge in [0.05, 0.1) is 6.61 Å². The molecule has 0 atom stereocenters. The summed E-state index contributed by atoms with van der Waals surface area (Å²) >= 11 is 6.30. The zero-order chi connectivity index (χ0) is 19.8. The predicted molar refractivity (Wildman–Crippen MR) is 116 cm³/mol. The molecule has 0 saturated carbocycles. The van der Waals surface area contributed by atoms with Crippen molar-refractivity contribution in [3.63, 3.8) is 0 Å².